The van der Waals surface area contributed by atoms with Gasteiger partial charge in [-0.1, -0.05) is 30.3 Å². The van der Waals surface area contributed by atoms with Crippen molar-refractivity contribution < 1.29 is 14.7 Å². The van der Waals surface area contributed by atoms with Crippen LogP contribution in [0.25, 0.3) is 0 Å². The highest BCUT2D eigenvalue weighted by Crippen LogP contribution is 2.13. The number of nitrogens with one attached hydrogen (secondary N) is 1. The molecule has 108 valence electrons. The molecule has 0 spiro atoms. The summed E-state index contributed by atoms with van der Waals surface area (Å²) in [4.78, 5) is 24.3. The van der Waals surface area contributed by atoms with Crippen molar-refractivity contribution in [1.82, 2.24) is 10.2 Å². The van der Waals surface area contributed by atoms with E-state index in [4.69, 9.17) is 5.11 Å². The zero-order valence-corrected chi connectivity index (χ0v) is 11.4. The number of benzene rings is 1. The summed E-state index contributed by atoms with van der Waals surface area (Å²) in [6.07, 6.45) is 1.48. The first-order valence-electron chi connectivity index (χ1n) is 6.91. The van der Waals surface area contributed by atoms with Crippen LogP contribution in [0.4, 0.5) is 0 Å². The molecular weight excluding hydrogens is 256 g/mol. The highest BCUT2D eigenvalue weighted by Gasteiger charge is 2.22. The van der Waals surface area contributed by atoms with Crippen molar-refractivity contribution in [3.8, 4) is 0 Å². The summed E-state index contributed by atoms with van der Waals surface area (Å²) < 4.78 is 0. The van der Waals surface area contributed by atoms with Gasteiger partial charge >= 0.3 is 5.97 Å². The average Bonchev–Trinajstić information content (AvgIpc) is 2.39. The van der Waals surface area contributed by atoms with Crippen molar-refractivity contribution in [1.29, 1.82) is 0 Å². The van der Waals surface area contributed by atoms with Crippen LogP contribution in [0.3, 0.4) is 0 Å². The molecule has 5 heteroatoms. The Morgan fingerprint density at radius 1 is 1.30 bits per heavy atom. The van der Waals surface area contributed by atoms with Gasteiger partial charge in [0.05, 0.1) is 0 Å². The summed E-state index contributed by atoms with van der Waals surface area (Å²) in [5, 5.41) is 11.4. The standard InChI is InChI=1S/C15H20N2O3/c18-14(9-15(19)20)16-13-7-4-8-17(11-13)10-12-5-2-1-3-6-12/h1-3,5-6,13H,4,7-11H2,(H,16,18)(H,19,20). The molecular formula is C15H20N2O3. The molecule has 0 radical (unpaired) electrons. The van der Waals surface area contributed by atoms with Crippen molar-refractivity contribution in [2.75, 3.05) is 13.1 Å². The first-order chi connectivity index (χ1) is 9.63. The Balaban J connectivity index is 1.82. The minimum absolute atomic E-state index is 0.0549. The van der Waals surface area contributed by atoms with Gasteiger partial charge in [0, 0.05) is 19.1 Å². The lowest BCUT2D eigenvalue weighted by molar-refractivity contribution is -0.140. The van der Waals surface area contributed by atoms with Crippen LogP contribution in [0.2, 0.25) is 0 Å². The molecule has 0 bridgehead atoms. The van der Waals surface area contributed by atoms with Crippen LogP contribution in [0, 0.1) is 0 Å². The molecule has 2 N–H and O–H groups in total. The fraction of sp³-hybridized carbons (Fsp3) is 0.467. The Labute approximate surface area is 118 Å². The first kappa shape index (κ1) is 14.5. The van der Waals surface area contributed by atoms with E-state index in [0.29, 0.717) is 0 Å². The Morgan fingerprint density at radius 2 is 2.05 bits per heavy atom. The topological polar surface area (TPSA) is 69.6 Å². The molecule has 1 aromatic carbocycles. The van der Waals surface area contributed by atoms with Gasteiger partial charge in [-0.2, -0.15) is 0 Å². The van der Waals surface area contributed by atoms with Crippen molar-refractivity contribution in [3.05, 3.63) is 35.9 Å². The van der Waals surface area contributed by atoms with E-state index in [1.807, 2.05) is 18.2 Å². The van der Waals surface area contributed by atoms with Crippen LogP contribution in [-0.2, 0) is 16.1 Å². The summed E-state index contributed by atoms with van der Waals surface area (Å²) in [5.41, 5.74) is 1.25. The predicted octanol–water partition coefficient (Wildman–Crippen LogP) is 1.24. The van der Waals surface area contributed by atoms with Gasteiger partial charge in [-0.05, 0) is 24.9 Å². The molecule has 5 nitrogen and oxygen atoms in total. The van der Waals surface area contributed by atoms with Crippen molar-refractivity contribution in [3.63, 3.8) is 0 Å². The molecule has 0 aromatic heterocycles. The molecule has 1 heterocycles. The molecule has 0 aliphatic carbocycles. The van der Waals surface area contributed by atoms with Crippen LogP contribution >= 0.6 is 0 Å². The van der Waals surface area contributed by atoms with Gasteiger partial charge in [-0.15, -0.1) is 0 Å². The lowest BCUT2D eigenvalue weighted by Gasteiger charge is -2.33. The van der Waals surface area contributed by atoms with Gasteiger partial charge in [0.15, 0.2) is 0 Å². The number of likely N-dealkylation sites (tertiary alicyclic amines) is 1. The van der Waals surface area contributed by atoms with E-state index in [1.54, 1.807) is 0 Å². The van der Waals surface area contributed by atoms with E-state index in [1.165, 1.54) is 5.56 Å². The molecule has 0 saturated carbocycles. The van der Waals surface area contributed by atoms with E-state index >= 15 is 0 Å². The number of nitrogens with zero attached hydrogens (tertiary/aromatic N) is 1. The van der Waals surface area contributed by atoms with Crippen LogP contribution in [0.5, 0.6) is 0 Å². The first-order valence-corrected chi connectivity index (χ1v) is 6.91. The normalized spacial score (nSPS) is 19.5. The molecule has 1 fully saturated rings. The van der Waals surface area contributed by atoms with Crippen LogP contribution in [-0.4, -0.2) is 41.0 Å². The van der Waals surface area contributed by atoms with Gasteiger partial charge in [-0.25, -0.2) is 0 Å². The predicted molar refractivity (Wildman–Crippen MR) is 75.1 cm³/mol. The minimum Gasteiger partial charge on any atom is -0.481 e. The number of carboxylic acids is 1. The molecule has 1 atom stereocenters. The second-order valence-electron chi connectivity index (χ2n) is 5.20. The zero-order valence-electron chi connectivity index (χ0n) is 11.4. The highest BCUT2D eigenvalue weighted by molar-refractivity contribution is 5.93. The van der Waals surface area contributed by atoms with Crippen molar-refractivity contribution in [2.24, 2.45) is 0 Å². The molecule has 1 aliphatic heterocycles. The summed E-state index contributed by atoms with van der Waals surface area (Å²) in [6, 6.07) is 10.3. The molecule has 1 aliphatic rings. The van der Waals surface area contributed by atoms with Gasteiger partial charge in [0.25, 0.3) is 0 Å². The Morgan fingerprint density at radius 3 is 2.75 bits per heavy atom. The molecule has 1 saturated heterocycles. The van der Waals surface area contributed by atoms with Gasteiger partial charge < -0.3 is 10.4 Å². The van der Waals surface area contributed by atoms with Gasteiger partial charge in [-0.3, -0.25) is 14.5 Å². The number of carbonyl (C=O) groups excluding carboxylic acids is 1. The van der Waals surface area contributed by atoms with Crippen LogP contribution < -0.4 is 5.32 Å². The Hall–Kier alpha value is -1.88. The lowest BCUT2D eigenvalue weighted by Crippen LogP contribution is -2.47. The fourth-order valence-electron chi connectivity index (χ4n) is 2.57. The molecule has 1 amide bonds. The van der Waals surface area contributed by atoms with Crippen molar-refractivity contribution >= 4 is 11.9 Å². The average molecular weight is 276 g/mol. The number of hydrogen-bond donors (Lipinski definition) is 2. The minimum atomic E-state index is -1.08. The Bertz CT molecular complexity index is 461. The van der Waals surface area contributed by atoms with Crippen LogP contribution in [0.15, 0.2) is 30.3 Å². The second-order valence-corrected chi connectivity index (χ2v) is 5.20. The molecule has 20 heavy (non-hydrogen) atoms. The zero-order chi connectivity index (χ0) is 14.4. The number of carbonyl (C=O) groups is 2. The maximum absolute atomic E-state index is 11.5. The van der Waals surface area contributed by atoms with Crippen LogP contribution in [0.1, 0.15) is 24.8 Å². The number of piperidine rings is 1. The largest absolute Gasteiger partial charge is 0.481 e. The maximum Gasteiger partial charge on any atom is 0.312 e. The van der Waals surface area contributed by atoms with E-state index < -0.39 is 18.3 Å². The smallest absolute Gasteiger partial charge is 0.312 e. The number of hydrogen-bond acceptors (Lipinski definition) is 3. The fourth-order valence-corrected chi connectivity index (χ4v) is 2.57. The van der Waals surface area contributed by atoms with E-state index in [-0.39, 0.29) is 6.04 Å². The third-order valence-electron chi connectivity index (χ3n) is 3.43. The summed E-state index contributed by atoms with van der Waals surface area (Å²) in [7, 11) is 0. The SMILES string of the molecule is O=C(O)CC(=O)NC1CCCN(Cc2ccccc2)C1. The maximum atomic E-state index is 11.5. The monoisotopic (exact) mass is 276 g/mol. The highest BCUT2D eigenvalue weighted by atomic mass is 16.4. The van der Waals surface area contributed by atoms with E-state index in [9.17, 15) is 9.59 Å². The number of carboxylic acid groups (broad SMARTS) is 1. The number of aliphatic carboxylic acids is 1. The Kier molecular flexibility index (Phi) is 5.12. The molecule has 1 aromatic rings. The van der Waals surface area contributed by atoms with E-state index in [2.05, 4.69) is 22.3 Å². The second kappa shape index (κ2) is 7.05. The van der Waals surface area contributed by atoms with Gasteiger partial charge in [0.1, 0.15) is 6.42 Å². The molecule has 2 rings (SSSR count). The van der Waals surface area contributed by atoms with Gasteiger partial charge in [0.2, 0.25) is 5.91 Å². The number of rotatable bonds is 5. The quantitative estimate of drug-likeness (QED) is 0.794. The number of amides is 1. The molecule has 1 unspecified atom stereocenters. The van der Waals surface area contributed by atoms with E-state index in [0.717, 1.165) is 32.5 Å². The van der Waals surface area contributed by atoms with Crippen molar-refractivity contribution in [2.45, 2.75) is 31.8 Å². The summed E-state index contributed by atoms with van der Waals surface area (Å²) in [6.45, 7) is 2.66. The summed E-state index contributed by atoms with van der Waals surface area (Å²) >= 11 is 0. The summed E-state index contributed by atoms with van der Waals surface area (Å²) in [5.74, 6) is -1.48. The lowest BCUT2D eigenvalue weighted by atomic mass is 10.0. The third-order valence-corrected chi connectivity index (χ3v) is 3.43. The third kappa shape index (κ3) is 4.66.